The Labute approximate surface area is 221 Å². The average molecular weight is 532 g/mol. The topological polar surface area (TPSA) is 59.1 Å². The lowest BCUT2D eigenvalue weighted by molar-refractivity contribution is -0.124. The molecule has 0 bridgehead atoms. The number of nitrogens with one attached hydrogen (secondary N) is 1. The van der Waals surface area contributed by atoms with Gasteiger partial charge in [0.1, 0.15) is 11.9 Å². The van der Waals surface area contributed by atoms with Crippen LogP contribution in [0.3, 0.4) is 0 Å². The van der Waals surface area contributed by atoms with E-state index in [0.29, 0.717) is 28.1 Å². The molecule has 0 saturated carbocycles. The van der Waals surface area contributed by atoms with E-state index in [0.717, 1.165) is 45.7 Å². The molecule has 1 atom stereocenters. The van der Waals surface area contributed by atoms with Crippen LogP contribution in [0.4, 0.5) is 15.8 Å². The van der Waals surface area contributed by atoms with Crippen LogP contribution >= 0.6 is 23.8 Å². The number of hydrogen-bond donors (Lipinski definition) is 1. The van der Waals surface area contributed by atoms with Gasteiger partial charge in [0.2, 0.25) is 5.91 Å². The zero-order valence-corrected chi connectivity index (χ0v) is 21.9. The third kappa shape index (κ3) is 6.39. The predicted molar refractivity (Wildman–Crippen MR) is 145 cm³/mol. The van der Waals surface area contributed by atoms with E-state index in [1.807, 2.05) is 4.90 Å². The van der Waals surface area contributed by atoms with Gasteiger partial charge in [-0.15, -0.1) is 0 Å². The highest BCUT2D eigenvalue weighted by Gasteiger charge is 2.43. The van der Waals surface area contributed by atoms with Crippen molar-refractivity contribution in [2.75, 3.05) is 56.0 Å². The molecule has 2 aliphatic rings. The van der Waals surface area contributed by atoms with Crippen molar-refractivity contribution in [2.45, 2.75) is 25.8 Å². The number of benzene rings is 2. The number of carbonyl (C=O) groups is 2. The van der Waals surface area contributed by atoms with Crippen molar-refractivity contribution in [2.24, 2.45) is 0 Å². The van der Waals surface area contributed by atoms with Crippen LogP contribution in [0.5, 0.6) is 0 Å². The quantitative estimate of drug-likeness (QED) is 0.496. The Morgan fingerprint density at radius 2 is 1.67 bits per heavy atom. The number of piperazine rings is 1. The summed E-state index contributed by atoms with van der Waals surface area (Å²) >= 11 is 11.8. The van der Waals surface area contributed by atoms with Crippen molar-refractivity contribution in [3.63, 3.8) is 0 Å². The molecule has 0 radical (unpaired) electrons. The highest BCUT2D eigenvalue weighted by Crippen LogP contribution is 2.28. The third-order valence-corrected chi connectivity index (χ3v) is 7.36. The maximum Gasteiger partial charge on any atom is 0.256 e. The molecule has 0 spiro atoms. The van der Waals surface area contributed by atoms with E-state index >= 15 is 0 Å². The highest BCUT2D eigenvalue weighted by atomic mass is 35.5. The summed E-state index contributed by atoms with van der Waals surface area (Å²) in [7, 11) is 0. The molecule has 2 aliphatic heterocycles. The molecule has 1 N–H and O–H groups in total. The maximum atomic E-state index is 13.5. The van der Waals surface area contributed by atoms with Gasteiger partial charge in [0, 0.05) is 43.4 Å². The van der Waals surface area contributed by atoms with E-state index in [1.165, 1.54) is 29.2 Å². The summed E-state index contributed by atoms with van der Waals surface area (Å²) in [4.78, 5) is 34.6. The summed E-state index contributed by atoms with van der Waals surface area (Å²) in [6, 6.07) is 11.7. The van der Waals surface area contributed by atoms with Gasteiger partial charge in [0.15, 0.2) is 5.11 Å². The van der Waals surface area contributed by atoms with E-state index in [4.69, 9.17) is 23.8 Å². The first-order valence-electron chi connectivity index (χ1n) is 12.3. The number of likely N-dealkylation sites (N-methyl/N-ethyl adjacent to an activating group) is 1. The smallest absolute Gasteiger partial charge is 0.256 e. The fraction of sp³-hybridized carbons (Fsp3) is 0.423. The number of nitrogens with zero attached hydrogens (tertiary/aromatic N) is 4. The van der Waals surface area contributed by atoms with Gasteiger partial charge in [-0.05, 0) is 80.3 Å². The van der Waals surface area contributed by atoms with Crippen molar-refractivity contribution in [3.8, 4) is 0 Å². The minimum Gasteiger partial charge on any atom is -0.336 e. The molecule has 0 aliphatic carbocycles. The van der Waals surface area contributed by atoms with Crippen molar-refractivity contribution in [3.05, 3.63) is 59.4 Å². The Hall–Kier alpha value is -2.59. The Bertz CT molecular complexity index is 1080. The molecule has 2 aromatic carbocycles. The summed E-state index contributed by atoms with van der Waals surface area (Å²) < 4.78 is 13.2. The van der Waals surface area contributed by atoms with E-state index < -0.39 is 6.04 Å². The first kappa shape index (κ1) is 26.5. The largest absolute Gasteiger partial charge is 0.336 e. The van der Waals surface area contributed by atoms with Gasteiger partial charge >= 0.3 is 0 Å². The minimum atomic E-state index is -0.717. The number of anilines is 2. The van der Waals surface area contributed by atoms with Crippen LogP contribution in [0.1, 0.15) is 19.8 Å². The standard InChI is InChI=1S/C26H31ClFN5O2S/c1-2-30-14-16-31(17-15-30)12-3-13-32-23(18-24(34)29-21-8-6-20(28)7-9-21)25(35)33(26(32)36)22-10-4-19(27)5-11-22/h4-11,23H,2-3,12-18H2,1H3,(H,29,34). The van der Waals surface area contributed by atoms with Crippen LogP contribution in [0, 0.1) is 5.82 Å². The number of amides is 2. The zero-order chi connectivity index (χ0) is 25.7. The molecule has 7 nitrogen and oxygen atoms in total. The average Bonchev–Trinajstić information content (AvgIpc) is 3.10. The van der Waals surface area contributed by atoms with E-state index in [2.05, 4.69) is 22.0 Å². The summed E-state index contributed by atoms with van der Waals surface area (Å²) in [5.41, 5.74) is 1.10. The lowest BCUT2D eigenvalue weighted by Crippen LogP contribution is -2.47. The van der Waals surface area contributed by atoms with Gasteiger partial charge < -0.3 is 20.0 Å². The van der Waals surface area contributed by atoms with Crippen molar-refractivity contribution < 1.29 is 14.0 Å². The Kier molecular flexibility index (Phi) is 8.90. The number of thiocarbonyl (C=S) groups is 1. The van der Waals surface area contributed by atoms with Crippen molar-refractivity contribution >= 4 is 52.1 Å². The van der Waals surface area contributed by atoms with E-state index in [-0.39, 0.29) is 24.1 Å². The molecule has 2 heterocycles. The molecule has 2 amide bonds. The first-order valence-corrected chi connectivity index (χ1v) is 13.0. The molecular formula is C26H31ClFN5O2S. The Morgan fingerprint density at radius 1 is 1.03 bits per heavy atom. The SMILES string of the molecule is CCN1CCN(CCCN2C(=S)N(c3ccc(Cl)cc3)C(=O)C2CC(=O)Nc2ccc(F)cc2)CC1. The second kappa shape index (κ2) is 12.1. The summed E-state index contributed by atoms with van der Waals surface area (Å²) in [6.07, 6.45) is 0.764. The van der Waals surface area contributed by atoms with Crippen LogP contribution < -0.4 is 10.2 Å². The molecule has 192 valence electrons. The van der Waals surface area contributed by atoms with Crippen LogP contribution in [-0.2, 0) is 9.59 Å². The lowest BCUT2D eigenvalue weighted by atomic mass is 10.1. The van der Waals surface area contributed by atoms with Gasteiger partial charge in [-0.25, -0.2) is 4.39 Å². The Morgan fingerprint density at radius 3 is 2.31 bits per heavy atom. The monoisotopic (exact) mass is 531 g/mol. The number of halogens is 2. The normalized spacial score (nSPS) is 19.2. The molecular weight excluding hydrogens is 501 g/mol. The number of rotatable bonds is 9. The highest BCUT2D eigenvalue weighted by molar-refractivity contribution is 7.80. The maximum absolute atomic E-state index is 13.5. The summed E-state index contributed by atoms with van der Waals surface area (Å²) in [5.74, 6) is -0.959. The van der Waals surface area contributed by atoms with Crippen LogP contribution in [0.15, 0.2) is 48.5 Å². The molecule has 2 fully saturated rings. The van der Waals surface area contributed by atoms with Gasteiger partial charge in [-0.1, -0.05) is 18.5 Å². The molecule has 2 aromatic rings. The van der Waals surface area contributed by atoms with Crippen LogP contribution in [-0.4, -0.2) is 83.5 Å². The summed E-state index contributed by atoms with van der Waals surface area (Å²) in [5, 5.41) is 3.70. The molecule has 10 heteroatoms. The molecule has 36 heavy (non-hydrogen) atoms. The summed E-state index contributed by atoms with van der Waals surface area (Å²) in [6.45, 7) is 8.90. The van der Waals surface area contributed by atoms with Gasteiger partial charge in [0.25, 0.3) is 5.91 Å². The lowest BCUT2D eigenvalue weighted by Gasteiger charge is -2.34. The second-order valence-corrected chi connectivity index (χ2v) is 9.83. The predicted octanol–water partition coefficient (Wildman–Crippen LogP) is 3.84. The van der Waals surface area contributed by atoms with Crippen molar-refractivity contribution in [1.29, 1.82) is 0 Å². The number of hydrogen-bond acceptors (Lipinski definition) is 5. The third-order valence-electron chi connectivity index (χ3n) is 6.70. The first-order chi connectivity index (χ1) is 17.4. The van der Waals surface area contributed by atoms with Gasteiger partial charge in [-0.2, -0.15) is 0 Å². The zero-order valence-electron chi connectivity index (χ0n) is 20.3. The van der Waals surface area contributed by atoms with Gasteiger partial charge in [0.05, 0.1) is 12.1 Å². The Balaban J connectivity index is 1.44. The fourth-order valence-corrected chi connectivity index (χ4v) is 5.17. The molecule has 4 rings (SSSR count). The van der Waals surface area contributed by atoms with Crippen molar-refractivity contribution in [1.82, 2.24) is 14.7 Å². The molecule has 0 aromatic heterocycles. The molecule has 1 unspecified atom stereocenters. The van der Waals surface area contributed by atoms with Crippen LogP contribution in [0.2, 0.25) is 5.02 Å². The van der Waals surface area contributed by atoms with Crippen LogP contribution in [0.25, 0.3) is 0 Å². The molecule has 2 saturated heterocycles. The van der Waals surface area contributed by atoms with Gasteiger partial charge in [-0.3, -0.25) is 14.5 Å². The fourth-order valence-electron chi connectivity index (χ4n) is 4.63. The number of carbonyl (C=O) groups excluding carboxylic acids is 2. The second-order valence-electron chi connectivity index (χ2n) is 9.03. The van der Waals surface area contributed by atoms with E-state index in [1.54, 1.807) is 24.3 Å². The van der Waals surface area contributed by atoms with E-state index in [9.17, 15) is 14.0 Å². The minimum absolute atomic E-state index is 0.0599.